The molecule has 1 amide bonds. The van der Waals surface area contributed by atoms with Crippen molar-refractivity contribution < 1.29 is 19.1 Å². The van der Waals surface area contributed by atoms with Gasteiger partial charge in [-0.25, -0.2) is 9.18 Å². The smallest absolute Gasteiger partial charge is 0.338 e. The lowest BCUT2D eigenvalue weighted by atomic mass is 10.1. The third-order valence-electron chi connectivity index (χ3n) is 2.89. The van der Waals surface area contributed by atoms with Crippen molar-refractivity contribution in [2.24, 2.45) is 0 Å². The molecule has 2 N–H and O–H groups in total. The first-order chi connectivity index (χ1) is 10.1. The number of nitrogens with one attached hydrogen (secondary N) is 1. The van der Waals surface area contributed by atoms with E-state index in [1.807, 2.05) is 0 Å². The van der Waals surface area contributed by atoms with Crippen LogP contribution in [0.1, 0.15) is 26.4 Å². The van der Waals surface area contributed by atoms with E-state index in [1.54, 1.807) is 18.2 Å². The minimum absolute atomic E-state index is 0.154. The van der Waals surface area contributed by atoms with Gasteiger partial charge in [0.05, 0.1) is 5.56 Å². The molecule has 2 aromatic rings. The van der Waals surface area contributed by atoms with E-state index in [0.717, 1.165) is 0 Å². The molecule has 0 atom stereocenters. The van der Waals surface area contributed by atoms with Crippen LogP contribution in [0.3, 0.4) is 0 Å². The standard InChI is InChI=1S/C15H13FN2O3/c16-12-6-2-1-4-10(12)7-9-18-14(19)13-11(15(20)21)5-3-8-17-13/h1-6,8H,7,9H2,(H,18,19)(H,20,21). The van der Waals surface area contributed by atoms with Crippen molar-refractivity contribution >= 4 is 11.9 Å². The molecule has 21 heavy (non-hydrogen) atoms. The van der Waals surface area contributed by atoms with Gasteiger partial charge in [-0.15, -0.1) is 0 Å². The van der Waals surface area contributed by atoms with Crippen LogP contribution >= 0.6 is 0 Å². The summed E-state index contributed by atoms with van der Waals surface area (Å²) in [6.07, 6.45) is 1.66. The quantitative estimate of drug-likeness (QED) is 0.880. The number of carbonyl (C=O) groups is 2. The molecular weight excluding hydrogens is 275 g/mol. The molecule has 2 rings (SSSR count). The van der Waals surface area contributed by atoms with Gasteiger partial charge in [0.1, 0.15) is 11.5 Å². The Morgan fingerprint density at radius 2 is 1.95 bits per heavy atom. The van der Waals surface area contributed by atoms with E-state index >= 15 is 0 Å². The fourth-order valence-corrected chi connectivity index (χ4v) is 1.85. The molecule has 6 heteroatoms. The number of hydrogen-bond donors (Lipinski definition) is 2. The Morgan fingerprint density at radius 3 is 2.67 bits per heavy atom. The van der Waals surface area contributed by atoms with E-state index in [9.17, 15) is 14.0 Å². The van der Waals surface area contributed by atoms with Gasteiger partial charge >= 0.3 is 5.97 Å². The van der Waals surface area contributed by atoms with Gasteiger partial charge in [-0.05, 0) is 30.2 Å². The molecule has 0 fully saturated rings. The summed E-state index contributed by atoms with van der Waals surface area (Å²) in [6, 6.07) is 9.02. The number of nitrogens with zero attached hydrogens (tertiary/aromatic N) is 1. The number of amides is 1. The van der Waals surface area contributed by atoms with Crippen LogP contribution in [-0.4, -0.2) is 28.5 Å². The average molecular weight is 288 g/mol. The fraction of sp³-hybridized carbons (Fsp3) is 0.133. The Bertz CT molecular complexity index is 673. The van der Waals surface area contributed by atoms with Crippen molar-refractivity contribution in [3.05, 3.63) is 65.2 Å². The number of benzene rings is 1. The molecule has 0 unspecified atom stereocenters. The predicted octanol–water partition coefficient (Wildman–Crippen LogP) is 1.89. The van der Waals surface area contributed by atoms with E-state index in [1.165, 1.54) is 24.4 Å². The molecule has 0 saturated heterocycles. The van der Waals surface area contributed by atoms with Crippen LogP contribution in [0, 0.1) is 5.82 Å². The molecule has 0 aliphatic carbocycles. The second-order valence-electron chi connectivity index (χ2n) is 4.30. The van der Waals surface area contributed by atoms with Gasteiger partial charge < -0.3 is 10.4 Å². The van der Waals surface area contributed by atoms with Gasteiger partial charge in [0.2, 0.25) is 0 Å². The van der Waals surface area contributed by atoms with Gasteiger partial charge in [-0.2, -0.15) is 0 Å². The summed E-state index contributed by atoms with van der Waals surface area (Å²) < 4.78 is 13.4. The summed E-state index contributed by atoms with van der Waals surface area (Å²) in [5, 5.41) is 11.5. The maximum atomic E-state index is 13.4. The van der Waals surface area contributed by atoms with Crippen molar-refractivity contribution in [3.63, 3.8) is 0 Å². The van der Waals surface area contributed by atoms with Crippen LogP contribution in [-0.2, 0) is 6.42 Å². The Morgan fingerprint density at radius 1 is 1.19 bits per heavy atom. The maximum absolute atomic E-state index is 13.4. The number of halogens is 1. The number of pyridine rings is 1. The van der Waals surface area contributed by atoms with Crippen LogP contribution in [0.5, 0.6) is 0 Å². The predicted molar refractivity (Wildman–Crippen MR) is 73.6 cm³/mol. The highest BCUT2D eigenvalue weighted by Crippen LogP contribution is 2.07. The van der Waals surface area contributed by atoms with Gasteiger partial charge in [0.15, 0.2) is 0 Å². The van der Waals surface area contributed by atoms with Crippen LogP contribution in [0.4, 0.5) is 4.39 Å². The third-order valence-corrected chi connectivity index (χ3v) is 2.89. The van der Waals surface area contributed by atoms with E-state index < -0.39 is 11.9 Å². The summed E-state index contributed by atoms with van der Waals surface area (Å²) in [5.41, 5.74) is 0.164. The summed E-state index contributed by atoms with van der Waals surface area (Å²) in [7, 11) is 0. The van der Waals surface area contributed by atoms with Crippen molar-refractivity contribution in [1.29, 1.82) is 0 Å². The number of aromatic nitrogens is 1. The van der Waals surface area contributed by atoms with Crippen molar-refractivity contribution in [2.45, 2.75) is 6.42 Å². The van der Waals surface area contributed by atoms with Crippen molar-refractivity contribution in [3.8, 4) is 0 Å². The Labute approximate surface area is 120 Å². The molecule has 1 aromatic heterocycles. The van der Waals surface area contributed by atoms with Crippen LogP contribution in [0.25, 0.3) is 0 Å². The topological polar surface area (TPSA) is 79.3 Å². The summed E-state index contributed by atoms with van der Waals surface area (Å²) in [6.45, 7) is 0.190. The average Bonchev–Trinajstić information content (AvgIpc) is 2.49. The van der Waals surface area contributed by atoms with Gasteiger partial charge in [-0.1, -0.05) is 18.2 Å². The van der Waals surface area contributed by atoms with E-state index in [2.05, 4.69) is 10.3 Å². The number of aromatic carboxylic acids is 1. The molecule has 0 bridgehead atoms. The molecule has 0 aliphatic rings. The number of rotatable bonds is 5. The van der Waals surface area contributed by atoms with Gasteiger partial charge in [0, 0.05) is 12.7 Å². The lowest BCUT2D eigenvalue weighted by Crippen LogP contribution is -2.28. The van der Waals surface area contributed by atoms with Crippen molar-refractivity contribution in [2.75, 3.05) is 6.54 Å². The molecule has 0 radical (unpaired) electrons. The Kier molecular flexibility index (Phi) is 4.61. The van der Waals surface area contributed by atoms with Crippen LogP contribution < -0.4 is 5.32 Å². The minimum Gasteiger partial charge on any atom is -0.478 e. The summed E-state index contributed by atoms with van der Waals surface area (Å²) in [5.74, 6) is -2.15. The number of carbonyl (C=O) groups excluding carboxylic acids is 1. The molecule has 0 saturated carbocycles. The van der Waals surface area contributed by atoms with E-state index in [-0.39, 0.29) is 23.6 Å². The number of hydrogen-bond acceptors (Lipinski definition) is 3. The number of carboxylic acids is 1. The fourth-order valence-electron chi connectivity index (χ4n) is 1.85. The summed E-state index contributed by atoms with van der Waals surface area (Å²) >= 11 is 0. The highest BCUT2D eigenvalue weighted by Gasteiger charge is 2.17. The third kappa shape index (κ3) is 3.62. The zero-order valence-electron chi connectivity index (χ0n) is 11.0. The highest BCUT2D eigenvalue weighted by molar-refractivity contribution is 6.03. The largest absolute Gasteiger partial charge is 0.478 e. The number of carboxylic acid groups (broad SMARTS) is 1. The zero-order valence-corrected chi connectivity index (χ0v) is 11.0. The maximum Gasteiger partial charge on any atom is 0.338 e. The first kappa shape index (κ1) is 14.6. The van der Waals surface area contributed by atoms with Crippen molar-refractivity contribution in [1.82, 2.24) is 10.3 Å². The van der Waals surface area contributed by atoms with E-state index in [0.29, 0.717) is 12.0 Å². The van der Waals surface area contributed by atoms with E-state index in [4.69, 9.17) is 5.11 Å². The van der Waals surface area contributed by atoms with Crippen LogP contribution in [0.15, 0.2) is 42.6 Å². The molecule has 5 nitrogen and oxygen atoms in total. The zero-order chi connectivity index (χ0) is 15.2. The first-order valence-corrected chi connectivity index (χ1v) is 6.29. The molecule has 0 aliphatic heterocycles. The van der Waals surface area contributed by atoms with Gasteiger partial charge in [0.25, 0.3) is 5.91 Å². The molecule has 108 valence electrons. The second kappa shape index (κ2) is 6.60. The SMILES string of the molecule is O=C(O)c1cccnc1C(=O)NCCc1ccccc1F. The molecular formula is C15H13FN2O3. The lowest BCUT2D eigenvalue weighted by molar-refractivity contribution is 0.0690. The van der Waals surface area contributed by atoms with Crippen LogP contribution in [0.2, 0.25) is 0 Å². The molecule has 0 spiro atoms. The molecule has 1 heterocycles. The monoisotopic (exact) mass is 288 g/mol. The minimum atomic E-state index is -1.22. The normalized spacial score (nSPS) is 10.1. The first-order valence-electron chi connectivity index (χ1n) is 6.29. The lowest BCUT2D eigenvalue weighted by Gasteiger charge is -2.07. The Balaban J connectivity index is 2.00. The molecule has 1 aromatic carbocycles. The Hall–Kier alpha value is -2.76. The highest BCUT2D eigenvalue weighted by atomic mass is 19.1. The summed E-state index contributed by atoms with van der Waals surface area (Å²) in [4.78, 5) is 26.7. The second-order valence-corrected chi connectivity index (χ2v) is 4.30. The van der Waals surface area contributed by atoms with Gasteiger partial charge in [-0.3, -0.25) is 9.78 Å².